The molecule has 0 bridgehead atoms. The molecule has 0 amide bonds. The van der Waals surface area contributed by atoms with Gasteiger partial charge in [0.25, 0.3) is 0 Å². The Morgan fingerprint density at radius 3 is 2.61 bits per heavy atom. The molecule has 3 aliphatic rings. The van der Waals surface area contributed by atoms with Crippen LogP contribution in [0, 0.1) is 5.41 Å². The van der Waals surface area contributed by atoms with Gasteiger partial charge in [-0.25, -0.2) is 0 Å². The van der Waals surface area contributed by atoms with Crippen molar-refractivity contribution in [1.29, 1.82) is 0 Å². The van der Waals surface area contributed by atoms with Gasteiger partial charge in [0.15, 0.2) is 0 Å². The van der Waals surface area contributed by atoms with Gasteiger partial charge in [0.1, 0.15) is 0 Å². The average Bonchev–Trinajstić information content (AvgIpc) is 3.02. The van der Waals surface area contributed by atoms with Gasteiger partial charge < -0.3 is 10.1 Å². The lowest BCUT2D eigenvalue weighted by Crippen LogP contribution is -2.61. The highest BCUT2D eigenvalue weighted by molar-refractivity contribution is 5.06. The van der Waals surface area contributed by atoms with Crippen molar-refractivity contribution in [1.82, 2.24) is 10.2 Å². The highest BCUT2D eigenvalue weighted by Crippen LogP contribution is 2.46. The van der Waals surface area contributed by atoms with E-state index in [1.54, 1.807) is 0 Å². The van der Waals surface area contributed by atoms with Gasteiger partial charge in [-0.1, -0.05) is 13.8 Å². The maximum absolute atomic E-state index is 5.84. The summed E-state index contributed by atoms with van der Waals surface area (Å²) < 4.78 is 5.84. The molecular weight excluding hydrogens is 224 g/mol. The van der Waals surface area contributed by atoms with E-state index in [4.69, 9.17) is 4.74 Å². The Labute approximate surface area is 111 Å². The SMILES string of the molecule is CCOC1CC(N2CCC(NC3CC3)C2)C1(C)C. The van der Waals surface area contributed by atoms with E-state index in [1.165, 1.54) is 38.8 Å². The topological polar surface area (TPSA) is 24.5 Å². The van der Waals surface area contributed by atoms with Crippen molar-refractivity contribution in [2.24, 2.45) is 5.41 Å². The molecule has 3 atom stereocenters. The Morgan fingerprint density at radius 2 is 2.00 bits per heavy atom. The summed E-state index contributed by atoms with van der Waals surface area (Å²) >= 11 is 0. The van der Waals surface area contributed by atoms with E-state index in [0.29, 0.717) is 11.5 Å². The minimum absolute atomic E-state index is 0.338. The van der Waals surface area contributed by atoms with Crippen molar-refractivity contribution in [3.63, 3.8) is 0 Å². The lowest BCUT2D eigenvalue weighted by atomic mass is 9.64. The Morgan fingerprint density at radius 1 is 1.22 bits per heavy atom. The normalized spacial score (nSPS) is 39.8. The van der Waals surface area contributed by atoms with Crippen molar-refractivity contribution < 1.29 is 4.74 Å². The lowest BCUT2D eigenvalue weighted by Gasteiger charge is -2.55. The van der Waals surface area contributed by atoms with Crippen molar-refractivity contribution in [2.75, 3.05) is 19.7 Å². The van der Waals surface area contributed by atoms with Gasteiger partial charge >= 0.3 is 0 Å². The number of ether oxygens (including phenoxy) is 1. The summed E-state index contributed by atoms with van der Waals surface area (Å²) in [6.45, 7) is 10.2. The smallest absolute Gasteiger partial charge is 0.0655 e. The number of nitrogens with zero attached hydrogens (tertiary/aromatic N) is 1. The van der Waals surface area contributed by atoms with Crippen LogP contribution in [0.25, 0.3) is 0 Å². The second-order valence-corrected chi connectivity index (χ2v) is 6.94. The molecule has 104 valence electrons. The monoisotopic (exact) mass is 252 g/mol. The number of hydrogen-bond acceptors (Lipinski definition) is 3. The zero-order valence-electron chi connectivity index (χ0n) is 12.1. The minimum Gasteiger partial charge on any atom is -0.378 e. The molecule has 3 rings (SSSR count). The summed E-state index contributed by atoms with van der Waals surface area (Å²) in [6, 6.07) is 2.33. The van der Waals surface area contributed by atoms with Crippen LogP contribution in [0.3, 0.4) is 0 Å². The van der Waals surface area contributed by atoms with Gasteiger partial charge in [-0.3, -0.25) is 4.90 Å². The van der Waals surface area contributed by atoms with Crippen molar-refractivity contribution in [2.45, 2.75) is 70.7 Å². The van der Waals surface area contributed by atoms with E-state index < -0.39 is 0 Å². The Kier molecular flexibility index (Phi) is 3.41. The Bertz CT molecular complexity index is 301. The van der Waals surface area contributed by atoms with Crippen LogP contribution in [0.4, 0.5) is 0 Å². The number of hydrogen-bond donors (Lipinski definition) is 1. The second kappa shape index (κ2) is 4.77. The summed E-state index contributed by atoms with van der Waals surface area (Å²) in [5.74, 6) is 0. The zero-order chi connectivity index (χ0) is 12.8. The summed E-state index contributed by atoms with van der Waals surface area (Å²) in [6.07, 6.45) is 5.85. The summed E-state index contributed by atoms with van der Waals surface area (Å²) in [5, 5.41) is 3.78. The van der Waals surface area contributed by atoms with Gasteiger partial charge in [-0.15, -0.1) is 0 Å². The lowest BCUT2D eigenvalue weighted by molar-refractivity contribution is -0.146. The summed E-state index contributed by atoms with van der Waals surface area (Å²) in [7, 11) is 0. The molecule has 0 aromatic carbocycles. The molecule has 1 aliphatic heterocycles. The predicted molar refractivity (Wildman–Crippen MR) is 73.7 cm³/mol. The van der Waals surface area contributed by atoms with Crippen LogP contribution in [0.1, 0.15) is 46.5 Å². The van der Waals surface area contributed by atoms with E-state index >= 15 is 0 Å². The first-order valence-corrected chi connectivity index (χ1v) is 7.73. The fourth-order valence-electron chi connectivity index (χ4n) is 3.76. The highest BCUT2D eigenvalue weighted by Gasteiger charge is 2.52. The molecule has 3 unspecified atom stereocenters. The van der Waals surface area contributed by atoms with Crippen LogP contribution in [-0.2, 0) is 4.74 Å². The molecule has 1 N–H and O–H groups in total. The number of nitrogens with one attached hydrogen (secondary N) is 1. The van der Waals surface area contributed by atoms with Gasteiger partial charge in [0, 0.05) is 43.2 Å². The van der Waals surface area contributed by atoms with Crippen LogP contribution in [0.2, 0.25) is 0 Å². The molecule has 1 saturated heterocycles. The van der Waals surface area contributed by atoms with E-state index in [2.05, 4.69) is 31.0 Å². The number of likely N-dealkylation sites (tertiary alicyclic amines) is 1. The van der Waals surface area contributed by atoms with Crippen LogP contribution >= 0.6 is 0 Å². The van der Waals surface area contributed by atoms with E-state index in [0.717, 1.165) is 24.7 Å². The average molecular weight is 252 g/mol. The summed E-state index contributed by atoms with van der Waals surface area (Å²) in [5.41, 5.74) is 0.338. The third-order valence-electron chi connectivity index (χ3n) is 5.20. The molecule has 0 spiro atoms. The van der Waals surface area contributed by atoms with E-state index in [9.17, 15) is 0 Å². The van der Waals surface area contributed by atoms with Crippen molar-refractivity contribution in [3.8, 4) is 0 Å². The molecule has 1 heterocycles. The Hall–Kier alpha value is -0.120. The van der Waals surface area contributed by atoms with E-state index in [-0.39, 0.29) is 0 Å². The van der Waals surface area contributed by atoms with Crippen molar-refractivity contribution >= 4 is 0 Å². The molecule has 18 heavy (non-hydrogen) atoms. The molecule has 2 aliphatic carbocycles. The molecule has 3 nitrogen and oxygen atoms in total. The standard InChI is InChI=1S/C15H28N2O/c1-4-18-14-9-13(15(14,2)3)17-8-7-12(10-17)16-11-5-6-11/h11-14,16H,4-10H2,1-3H3. The zero-order valence-corrected chi connectivity index (χ0v) is 12.1. The van der Waals surface area contributed by atoms with Crippen LogP contribution in [0.15, 0.2) is 0 Å². The highest BCUT2D eigenvalue weighted by atomic mass is 16.5. The molecule has 3 heteroatoms. The molecule has 0 radical (unpaired) electrons. The maximum Gasteiger partial charge on any atom is 0.0655 e. The van der Waals surface area contributed by atoms with E-state index in [1.807, 2.05) is 0 Å². The summed E-state index contributed by atoms with van der Waals surface area (Å²) in [4.78, 5) is 2.70. The predicted octanol–water partition coefficient (Wildman–Crippen LogP) is 2.02. The first-order valence-electron chi connectivity index (χ1n) is 7.73. The third-order valence-corrected chi connectivity index (χ3v) is 5.20. The largest absolute Gasteiger partial charge is 0.378 e. The van der Waals surface area contributed by atoms with Crippen LogP contribution in [-0.4, -0.2) is 48.8 Å². The molecule has 0 aromatic heterocycles. The molecule has 0 aromatic rings. The van der Waals surface area contributed by atoms with Gasteiger partial charge in [-0.05, 0) is 32.6 Å². The number of rotatable bonds is 5. The first-order chi connectivity index (χ1) is 8.61. The third kappa shape index (κ3) is 2.33. The molecule has 2 saturated carbocycles. The Balaban J connectivity index is 1.50. The quantitative estimate of drug-likeness (QED) is 0.810. The molecule has 3 fully saturated rings. The first kappa shape index (κ1) is 12.9. The van der Waals surface area contributed by atoms with Gasteiger partial charge in [0.05, 0.1) is 6.10 Å². The van der Waals surface area contributed by atoms with Gasteiger partial charge in [-0.2, -0.15) is 0 Å². The second-order valence-electron chi connectivity index (χ2n) is 6.94. The van der Waals surface area contributed by atoms with Crippen molar-refractivity contribution in [3.05, 3.63) is 0 Å². The van der Waals surface area contributed by atoms with Crippen LogP contribution < -0.4 is 5.32 Å². The fraction of sp³-hybridized carbons (Fsp3) is 1.00. The minimum atomic E-state index is 0.338. The van der Waals surface area contributed by atoms with Gasteiger partial charge in [0.2, 0.25) is 0 Å². The van der Waals surface area contributed by atoms with Crippen LogP contribution in [0.5, 0.6) is 0 Å². The fourth-order valence-corrected chi connectivity index (χ4v) is 3.76. The molecular formula is C15H28N2O. The maximum atomic E-state index is 5.84.